The maximum atomic E-state index is 12.5. The highest BCUT2D eigenvalue weighted by molar-refractivity contribution is 5.80. The normalized spacial score (nSPS) is 10.4. The van der Waals surface area contributed by atoms with Crippen LogP contribution in [-0.4, -0.2) is 43.1 Å². The van der Waals surface area contributed by atoms with Crippen LogP contribution in [-0.2, 0) is 20.9 Å². The second-order valence-corrected chi connectivity index (χ2v) is 6.54. The molecule has 0 N–H and O–H groups in total. The number of rotatable bonds is 10. The number of methoxy groups -OCH3 is 1. The lowest BCUT2D eigenvalue weighted by molar-refractivity contribution is -0.153. The highest BCUT2D eigenvalue weighted by Gasteiger charge is 2.19. The number of nitrogens with zero attached hydrogens (tertiary/aromatic N) is 1. The summed E-state index contributed by atoms with van der Waals surface area (Å²) in [5, 5.41) is 0. The second-order valence-electron chi connectivity index (χ2n) is 6.54. The van der Waals surface area contributed by atoms with E-state index in [1.807, 2.05) is 44.2 Å². The van der Waals surface area contributed by atoms with Gasteiger partial charge in [-0.05, 0) is 43.7 Å². The number of ether oxygens (including phenoxy) is 3. The molecular formula is C22H27NO5. The average molecular weight is 385 g/mol. The summed E-state index contributed by atoms with van der Waals surface area (Å²) in [6, 6.07) is 16.8. The average Bonchev–Trinajstić information content (AvgIpc) is 2.71. The summed E-state index contributed by atoms with van der Waals surface area (Å²) in [7, 11) is 1.59. The highest BCUT2D eigenvalue weighted by Crippen LogP contribution is 2.17. The zero-order valence-electron chi connectivity index (χ0n) is 16.6. The van der Waals surface area contributed by atoms with Gasteiger partial charge in [-0.1, -0.05) is 30.3 Å². The summed E-state index contributed by atoms with van der Waals surface area (Å²) in [6.07, 6.45) is 0.0691. The van der Waals surface area contributed by atoms with Crippen LogP contribution in [0.5, 0.6) is 11.5 Å². The molecule has 28 heavy (non-hydrogen) atoms. The molecule has 0 bridgehead atoms. The Balaban J connectivity index is 1.74. The van der Waals surface area contributed by atoms with E-state index in [9.17, 15) is 9.59 Å². The molecule has 2 rings (SSSR count). The van der Waals surface area contributed by atoms with Gasteiger partial charge >= 0.3 is 5.97 Å². The van der Waals surface area contributed by atoms with Crippen molar-refractivity contribution >= 4 is 11.9 Å². The number of carbonyl (C=O) groups is 2. The van der Waals surface area contributed by atoms with Gasteiger partial charge in [-0.2, -0.15) is 0 Å². The first kappa shape index (κ1) is 21.3. The SMILES string of the molecule is COc1ccc(OCCC(=O)OCC(=O)N(Cc2ccccc2)C(C)C)cc1. The molecule has 0 radical (unpaired) electrons. The van der Waals surface area contributed by atoms with Gasteiger partial charge < -0.3 is 19.1 Å². The van der Waals surface area contributed by atoms with Crippen LogP contribution < -0.4 is 9.47 Å². The highest BCUT2D eigenvalue weighted by atomic mass is 16.5. The molecule has 2 aromatic carbocycles. The molecule has 0 atom stereocenters. The van der Waals surface area contributed by atoms with Gasteiger partial charge in [0, 0.05) is 12.6 Å². The number of benzene rings is 2. The van der Waals surface area contributed by atoms with E-state index in [1.54, 1.807) is 36.3 Å². The second kappa shape index (κ2) is 11.0. The summed E-state index contributed by atoms with van der Waals surface area (Å²) < 4.78 is 15.7. The van der Waals surface area contributed by atoms with Gasteiger partial charge in [0.25, 0.3) is 5.91 Å². The largest absolute Gasteiger partial charge is 0.497 e. The van der Waals surface area contributed by atoms with Crippen molar-refractivity contribution in [3.63, 3.8) is 0 Å². The molecule has 6 nitrogen and oxygen atoms in total. The maximum Gasteiger partial charge on any atom is 0.309 e. The summed E-state index contributed by atoms with van der Waals surface area (Å²) in [4.78, 5) is 26.0. The summed E-state index contributed by atoms with van der Waals surface area (Å²) in [5.41, 5.74) is 1.03. The van der Waals surface area contributed by atoms with E-state index in [2.05, 4.69) is 0 Å². The molecule has 0 aliphatic carbocycles. The Hall–Kier alpha value is -3.02. The molecule has 6 heteroatoms. The Morgan fingerprint density at radius 2 is 1.61 bits per heavy atom. The number of esters is 1. The van der Waals surface area contributed by atoms with Gasteiger partial charge in [0.05, 0.1) is 20.1 Å². The Labute approximate surface area is 166 Å². The molecular weight excluding hydrogens is 358 g/mol. The van der Waals surface area contributed by atoms with Crippen LogP contribution in [0, 0.1) is 0 Å². The Bertz CT molecular complexity index is 743. The van der Waals surface area contributed by atoms with Crippen LogP contribution in [0.15, 0.2) is 54.6 Å². The van der Waals surface area contributed by atoms with Crippen LogP contribution in [0.4, 0.5) is 0 Å². The minimum absolute atomic E-state index is 0.00446. The van der Waals surface area contributed by atoms with Crippen LogP contribution in [0.25, 0.3) is 0 Å². The minimum atomic E-state index is -0.467. The first-order valence-corrected chi connectivity index (χ1v) is 9.25. The summed E-state index contributed by atoms with van der Waals surface area (Å²) in [6.45, 7) is 4.26. The molecule has 0 saturated heterocycles. The van der Waals surface area contributed by atoms with Gasteiger partial charge in [-0.3, -0.25) is 9.59 Å². The van der Waals surface area contributed by atoms with Crippen molar-refractivity contribution in [2.24, 2.45) is 0 Å². The van der Waals surface area contributed by atoms with Crippen molar-refractivity contribution in [2.45, 2.75) is 32.9 Å². The fourth-order valence-corrected chi connectivity index (χ4v) is 2.56. The lowest BCUT2D eigenvalue weighted by atomic mass is 10.2. The molecule has 0 spiro atoms. The number of hydrogen-bond acceptors (Lipinski definition) is 5. The number of carbonyl (C=O) groups excluding carboxylic acids is 2. The zero-order chi connectivity index (χ0) is 20.4. The molecule has 0 fully saturated rings. The lowest BCUT2D eigenvalue weighted by Gasteiger charge is -2.26. The van der Waals surface area contributed by atoms with E-state index in [0.717, 1.165) is 11.3 Å². The number of hydrogen-bond donors (Lipinski definition) is 0. The third kappa shape index (κ3) is 6.95. The monoisotopic (exact) mass is 385 g/mol. The molecule has 0 saturated carbocycles. The van der Waals surface area contributed by atoms with Gasteiger partial charge in [0.1, 0.15) is 11.5 Å². The van der Waals surface area contributed by atoms with E-state index < -0.39 is 5.97 Å². The predicted molar refractivity (Wildman–Crippen MR) is 106 cm³/mol. The van der Waals surface area contributed by atoms with Crippen LogP contribution >= 0.6 is 0 Å². The number of amides is 1. The van der Waals surface area contributed by atoms with Crippen LogP contribution in [0.1, 0.15) is 25.8 Å². The zero-order valence-corrected chi connectivity index (χ0v) is 16.6. The Kier molecular flexibility index (Phi) is 8.34. The molecule has 1 amide bonds. The molecule has 0 aromatic heterocycles. The molecule has 0 aliphatic heterocycles. The third-order valence-corrected chi connectivity index (χ3v) is 4.13. The van der Waals surface area contributed by atoms with Crippen LogP contribution in [0.3, 0.4) is 0 Å². The summed E-state index contributed by atoms with van der Waals surface area (Å²) >= 11 is 0. The van der Waals surface area contributed by atoms with E-state index in [1.165, 1.54) is 0 Å². The fourth-order valence-electron chi connectivity index (χ4n) is 2.56. The van der Waals surface area contributed by atoms with Crippen molar-refractivity contribution in [1.29, 1.82) is 0 Å². The van der Waals surface area contributed by atoms with E-state index in [-0.39, 0.29) is 31.6 Å². The van der Waals surface area contributed by atoms with Crippen molar-refractivity contribution < 1.29 is 23.8 Å². The van der Waals surface area contributed by atoms with Crippen molar-refractivity contribution in [3.05, 3.63) is 60.2 Å². The first-order valence-electron chi connectivity index (χ1n) is 9.25. The van der Waals surface area contributed by atoms with Gasteiger partial charge in [0.15, 0.2) is 6.61 Å². The Morgan fingerprint density at radius 1 is 0.964 bits per heavy atom. The van der Waals surface area contributed by atoms with Gasteiger partial charge in [0.2, 0.25) is 0 Å². The lowest BCUT2D eigenvalue weighted by Crippen LogP contribution is -2.39. The van der Waals surface area contributed by atoms with Crippen molar-refractivity contribution in [1.82, 2.24) is 4.90 Å². The van der Waals surface area contributed by atoms with E-state index in [0.29, 0.717) is 12.3 Å². The first-order chi connectivity index (χ1) is 13.5. The fraction of sp³-hybridized carbons (Fsp3) is 0.364. The molecule has 0 unspecified atom stereocenters. The quantitative estimate of drug-likeness (QED) is 0.586. The Morgan fingerprint density at radius 3 is 2.21 bits per heavy atom. The van der Waals surface area contributed by atoms with Crippen molar-refractivity contribution in [3.8, 4) is 11.5 Å². The predicted octanol–water partition coefficient (Wildman–Crippen LogP) is 3.44. The maximum absolute atomic E-state index is 12.5. The van der Waals surface area contributed by atoms with E-state index in [4.69, 9.17) is 14.2 Å². The molecule has 0 aliphatic rings. The summed E-state index contributed by atoms with van der Waals surface area (Å²) in [5.74, 6) is 0.683. The minimum Gasteiger partial charge on any atom is -0.497 e. The molecule has 150 valence electrons. The third-order valence-electron chi connectivity index (χ3n) is 4.13. The molecule has 2 aromatic rings. The topological polar surface area (TPSA) is 65.1 Å². The molecule has 0 heterocycles. The van der Waals surface area contributed by atoms with Crippen LogP contribution in [0.2, 0.25) is 0 Å². The van der Waals surface area contributed by atoms with E-state index >= 15 is 0 Å². The van der Waals surface area contributed by atoms with Gasteiger partial charge in [-0.15, -0.1) is 0 Å². The standard InChI is InChI=1S/C22H27NO5/c1-17(2)23(15-18-7-5-4-6-8-18)21(24)16-28-22(25)13-14-27-20-11-9-19(26-3)10-12-20/h4-12,17H,13-16H2,1-3H3. The van der Waals surface area contributed by atoms with Crippen molar-refractivity contribution in [2.75, 3.05) is 20.3 Å². The van der Waals surface area contributed by atoms with Gasteiger partial charge in [-0.25, -0.2) is 0 Å². The smallest absolute Gasteiger partial charge is 0.309 e.